The summed E-state index contributed by atoms with van der Waals surface area (Å²) in [4.78, 5) is 19.0. The molecule has 6 heteroatoms. The standard InChI is InChI=1S/C22H25N3O3/c1-16(2)25(21(26)14-9-17-7-5-4-6-8-17)15-20-23-22(24-28-20)18-10-12-19(27-3)13-11-18/h4-8,10-13,16H,9,14-15H2,1-3H3. The summed E-state index contributed by atoms with van der Waals surface area (Å²) in [5.74, 6) is 1.76. The van der Waals surface area contributed by atoms with Gasteiger partial charge in [-0.2, -0.15) is 4.98 Å². The van der Waals surface area contributed by atoms with Gasteiger partial charge in [-0.3, -0.25) is 4.79 Å². The summed E-state index contributed by atoms with van der Waals surface area (Å²) >= 11 is 0. The van der Waals surface area contributed by atoms with E-state index in [1.807, 2.05) is 68.4 Å². The second kappa shape index (κ2) is 9.17. The molecule has 28 heavy (non-hydrogen) atoms. The first-order valence-electron chi connectivity index (χ1n) is 9.37. The SMILES string of the molecule is COc1ccc(-c2noc(CN(C(=O)CCc3ccccc3)C(C)C)n2)cc1. The molecule has 0 atom stereocenters. The van der Waals surface area contributed by atoms with Crippen molar-refractivity contribution in [3.05, 3.63) is 66.1 Å². The van der Waals surface area contributed by atoms with E-state index in [1.165, 1.54) is 0 Å². The molecule has 0 saturated heterocycles. The number of hydrogen-bond donors (Lipinski definition) is 0. The summed E-state index contributed by atoms with van der Waals surface area (Å²) in [7, 11) is 1.62. The van der Waals surface area contributed by atoms with E-state index in [2.05, 4.69) is 10.1 Å². The lowest BCUT2D eigenvalue weighted by atomic mass is 10.1. The highest BCUT2D eigenvalue weighted by molar-refractivity contribution is 5.76. The molecule has 0 aliphatic carbocycles. The molecular weight excluding hydrogens is 354 g/mol. The van der Waals surface area contributed by atoms with E-state index in [1.54, 1.807) is 12.0 Å². The largest absolute Gasteiger partial charge is 0.497 e. The number of carbonyl (C=O) groups excluding carboxylic acids is 1. The smallest absolute Gasteiger partial charge is 0.246 e. The number of nitrogens with zero attached hydrogens (tertiary/aromatic N) is 3. The van der Waals surface area contributed by atoms with E-state index in [0.717, 1.165) is 16.9 Å². The maximum absolute atomic E-state index is 12.7. The molecule has 0 aliphatic heterocycles. The molecule has 0 aliphatic rings. The molecule has 0 unspecified atom stereocenters. The summed E-state index contributed by atoms with van der Waals surface area (Å²) in [6.45, 7) is 4.27. The van der Waals surface area contributed by atoms with Gasteiger partial charge in [-0.15, -0.1) is 0 Å². The third-order valence-corrected chi connectivity index (χ3v) is 4.54. The van der Waals surface area contributed by atoms with Gasteiger partial charge in [-0.1, -0.05) is 35.5 Å². The molecule has 1 heterocycles. The van der Waals surface area contributed by atoms with Gasteiger partial charge in [-0.05, 0) is 50.1 Å². The van der Waals surface area contributed by atoms with E-state index in [9.17, 15) is 4.79 Å². The highest BCUT2D eigenvalue weighted by Crippen LogP contribution is 2.20. The van der Waals surface area contributed by atoms with Crippen molar-refractivity contribution in [1.82, 2.24) is 15.0 Å². The van der Waals surface area contributed by atoms with Crippen LogP contribution in [0.15, 0.2) is 59.1 Å². The number of carbonyl (C=O) groups is 1. The molecule has 0 radical (unpaired) electrons. The molecule has 6 nitrogen and oxygen atoms in total. The van der Waals surface area contributed by atoms with Crippen LogP contribution < -0.4 is 4.74 Å². The third-order valence-electron chi connectivity index (χ3n) is 4.54. The van der Waals surface area contributed by atoms with Crippen LogP contribution in [0, 0.1) is 0 Å². The second-order valence-corrected chi connectivity index (χ2v) is 6.84. The van der Waals surface area contributed by atoms with Crippen LogP contribution in [-0.4, -0.2) is 34.1 Å². The zero-order chi connectivity index (χ0) is 19.9. The summed E-state index contributed by atoms with van der Waals surface area (Å²) in [6, 6.07) is 17.5. The Kier molecular flexibility index (Phi) is 6.42. The molecule has 2 aromatic carbocycles. The molecule has 0 N–H and O–H groups in total. The number of benzene rings is 2. The zero-order valence-electron chi connectivity index (χ0n) is 16.5. The van der Waals surface area contributed by atoms with Crippen molar-refractivity contribution in [1.29, 1.82) is 0 Å². The molecule has 1 aromatic heterocycles. The molecule has 146 valence electrons. The van der Waals surface area contributed by atoms with Gasteiger partial charge in [0.15, 0.2) is 0 Å². The number of aromatic nitrogens is 2. The average Bonchev–Trinajstić information content (AvgIpc) is 3.19. The molecule has 0 fully saturated rings. The molecule has 3 rings (SSSR count). The summed E-state index contributed by atoms with van der Waals surface area (Å²) in [5, 5.41) is 4.04. The summed E-state index contributed by atoms with van der Waals surface area (Å²) < 4.78 is 10.5. The number of rotatable bonds is 8. The van der Waals surface area contributed by atoms with Crippen LogP contribution in [0.1, 0.15) is 31.7 Å². The third kappa shape index (κ3) is 4.97. The minimum Gasteiger partial charge on any atom is -0.497 e. The molecule has 1 amide bonds. The predicted molar refractivity (Wildman–Crippen MR) is 107 cm³/mol. The Labute approximate surface area is 165 Å². The van der Waals surface area contributed by atoms with Gasteiger partial charge >= 0.3 is 0 Å². The fourth-order valence-corrected chi connectivity index (χ4v) is 2.92. The number of amides is 1. The number of ether oxygens (including phenoxy) is 1. The average molecular weight is 379 g/mol. The van der Waals surface area contributed by atoms with Gasteiger partial charge in [-0.25, -0.2) is 0 Å². The van der Waals surface area contributed by atoms with Crippen molar-refractivity contribution < 1.29 is 14.1 Å². The Balaban J connectivity index is 1.65. The number of aryl methyl sites for hydroxylation is 1. The fourth-order valence-electron chi connectivity index (χ4n) is 2.92. The predicted octanol–water partition coefficient (Wildman–Crippen LogP) is 4.12. The van der Waals surface area contributed by atoms with Gasteiger partial charge in [0, 0.05) is 18.0 Å². The summed E-state index contributed by atoms with van der Waals surface area (Å²) in [5.41, 5.74) is 1.99. The van der Waals surface area contributed by atoms with Crippen LogP contribution in [0.3, 0.4) is 0 Å². The minimum atomic E-state index is 0.0413. The Morgan fingerprint density at radius 3 is 2.46 bits per heavy atom. The van der Waals surface area contributed by atoms with E-state index in [0.29, 0.717) is 31.1 Å². The fraction of sp³-hybridized carbons (Fsp3) is 0.318. The Morgan fingerprint density at radius 2 is 1.82 bits per heavy atom. The van der Waals surface area contributed by atoms with Crippen molar-refractivity contribution >= 4 is 5.91 Å². The lowest BCUT2D eigenvalue weighted by molar-refractivity contribution is -0.133. The number of hydrogen-bond acceptors (Lipinski definition) is 5. The van der Waals surface area contributed by atoms with Crippen LogP contribution in [-0.2, 0) is 17.8 Å². The highest BCUT2D eigenvalue weighted by Gasteiger charge is 2.20. The molecule has 0 saturated carbocycles. The van der Waals surface area contributed by atoms with Crippen LogP contribution >= 0.6 is 0 Å². The Bertz CT molecular complexity index is 889. The minimum absolute atomic E-state index is 0.0413. The maximum atomic E-state index is 12.7. The van der Waals surface area contributed by atoms with Crippen LogP contribution in [0.25, 0.3) is 11.4 Å². The molecule has 0 bridgehead atoms. The highest BCUT2D eigenvalue weighted by atomic mass is 16.5. The normalized spacial score (nSPS) is 10.9. The molecule has 0 spiro atoms. The lowest BCUT2D eigenvalue weighted by Crippen LogP contribution is -2.36. The van der Waals surface area contributed by atoms with Gasteiger partial charge in [0.05, 0.1) is 7.11 Å². The van der Waals surface area contributed by atoms with Crippen LogP contribution in [0.5, 0.6) is 5.75 Å². The Hall–Kier alpha value is -3.15. The first kappa shape index (κ1) is 19.6. The molecular formula is C22H25N3O3. The van der Waals surface area contributed by atoms with Crippen molar-refractivity contribution in [2.24, 2.45) is 0 Å². The van der Waals surface area contributed by atoms with Crippen molar-refractivity contribution in [3.8, 4) is 17.1 Å². The van der Waals surface area contributed by atoms with Crippen LogP contribution in [0.2, 0.25) is 0 Å². The first-order chi connectivity index (χ1) is 13.6. The monoisotopic (exact) mass is 379 g/mol. The second-order valence-electron chi connectivity index (χ2n) is 6.84. The van der Waals surface area contributed by atoms with E-state index in [-0.39, 0.29) is 11.9 Å². The summed E-state index contributed by atoms with van der Waals surface area (Å²) in [6.07, 6.45) is 1.16. The topological polar surface area (TPSA) is 68.5 Å². The molecule has 3 aromatic rings. The lowest BCUT2D eigenvalue weighted by Gasteiger charge is -2.25. The zero-order valence-corrected chi connectivity index (χ0v) is 16.5. The van der Waals surface area contributed by atoms with Gasteiger partial charge in [0.25, 0.3) is 0 Å². The van der Waals surface area contributed by atoms with Crippen molar-refractivity contribution in [2.75, 3.05) is 7.11 Å². The van der Waals surface area contributed by atoms with Crippen LogP contribution in [0.4, 0.5) is 0 Å². The van der Waals surface area contributed by atoms with Gasteiger partial charge in [0.2, 0.25) is 17.6 Å². The maximum Gasteiger partial charge on any atom is 0.246 e. The van der Waals surface area contributed by atoms with Gasteiger partial charge in [0.1, 0.15) is 12.3 Å². The van der Waals surface area contributed by atoms with Crippen molar-refractivity contribution in [3.63, 3.8) is 0 Å². The van der Waals surface area contributed by atoms with Crippen molar-refractivity contribution in [2.45, 2.75) is 39.3 Å². The van der Waals surface area contributed by atoms with E-state index >= 15 is 0 Å². The van der Waals surface area contributed by atoms with Gasteiger partial charge < -0.3 is 14.2 Å². The van der Waals surface area contributed by atoms with E-state index < -0.39 is 0 Å². The number of methoxy groups -OCH3 is 1. The van der Waals surface area contributed by atoms with E-state index in [4.69, 9.17) is 9.26 Å². The quantitative estimate of drug-likeness (QED) is 0.589. The first-order valence-corrected chi connectivity index (χ1v) is 9.37. The Morgan fingerprint density at radius 1 is 1.11 bits per heavy atom.